The van der Waals surface area contributed by atoms with Crippen molar-refractivity contribution in [3.05, 3.63) is 47.7 Å². The van der Waals surface area contributed by atoms with Gasteiger partial charge in [-0.3, -0.25) is 4.68 Å². The van der Waals surface area contributed by atoms with E-state index >= 15 is 0 Å². The molecule has 1 aromatic heterocycles. The van der Waals surface area contributed by atoms with E-state index in [1.807, 2.05) is 25.2 Å². The van der Waals surface area contributed by atoms with Crippen LogP contribution in [-0.4, -0.2) is 29.5 Å². The zero-order valence-electron chi connectivity index (χ0n) is 13.4. The van der Waals surface area contributed by atoms with Gasteiger partial charge in [-0.05, 0) is 30.3 Å². The predicted octanol–water partition coefficient (Wildman–Crippen LogP) is 3.09. The average Bonchev–Trinajstić information content (AvgIpc) is 3.20. The van der Waals surface area contributed by atoms with Crippen LogP contribution in [0.4, 0.5) is 0 Å². The second-order valence-electron chi connectivity index (χ2n) is 5.64. The topological polar surface area (TPSA) is 62.6 Å². The molecule has 1 aliphatic heterocycles. The van der Waals surface area contributed by atoms with Crippen LogP contribution in [0.2, 0.25) is 0 Å². The van der Waals surface area contributed by atoms with Crippen LogP contribution in [-0.2, 0) is 18.2 Å². The molecule has 0 atom stereocenters. The Morgan fingerprint density at radius 2 is 2.17 bits per heavy atom. The van der Waals surface area contributed by atoms with Crippen LogP contribution in [0.15, 0.2) is 36.5 Å². The van der Waals surface area contributed by atoms with Crippen LogP contribution in [0, 0.1) is 0 Å². The molecular weight excluding hydrogens is 308 g/mol. The number of hydrogen-bond donors (Lipinski definition) is 0. The number of fused-ring (bicyclic) bond motifs is 2. The molecule has 6 heteroatoms. The molecule has 6 nitrogen and oxygen atoms in total. The Morgan fingerprint density at radius 3 is 3.00 bits per heavy atom. The molecule has 0 radical (unpaired) electrons. The van der Waals surface area contributed by atoms with Crippen molar-refractivity contribution in [2.24, 2.45) is 7.05 Å². The lowest BCUT2D eigenvalue weighted by Crippen LogP contribution is -2.02. The van der Waals surface area contributed by atoms with E-state index in [1.165, 1.54) is 7.11 Å². The standard InChI is InChI=1S/C18H16N2O4/c1-20-17-13(10-19-20)7-12(18(21)22-2)9-16(17)24-14-3-4-15-11(8-14)5-6-23-15/h3-4,7-10H,5-6H2,1-2H3. The summed E-state index contributed by atoms with van der Waals surface area (Å²) in [4.78, 5) is 11.9. The number of methoxy groups -OCH3 is 1. The van der Waals surface area contributed by atoms with Crippen LogP contribution in [0.25, 0.3) is 10.9 Å². The first kappa shape index (κ1) is 14.6. The third-order valence-electron chi connectivity index (χ3n) is 4.11. The summed E-state index contributed by atoms with van der Waals surface area (Å²) in [7, 11) is 3.19. The highest BCUT2D eigenvalue weighted by Gasteiger charge is 2.17. The third kappa shape index (κ3) is 2.36. The largest absolute Gasteiger partial charge is 0.493 e. The highest BCUT2D eigenvalue weighted by Crippen LogP contribution is 2.35. The van der Waals surface area contributed by atoms with Gasteiger partial charge in [-0.1, -0.05) is 0 Å². The number of esters is 1. The summed E-state index contributed by atoms with van der Waals surface area (Å²) in [6.45, 7) is 0.697. The van der Waals surface area contributed by atoms with Crippen molar-refractivity contribution in [1.82, 2.24) is 9.78 Å². The Bertz CT molecular complexity index is 946. The number of aromatic nitrogens is 2. The summed E-state index contributed by atoms with van der Waals surface area (Å²) >= 11 is 0. The first-order valence-corrected chi connectivity index (χ1v) is 7.63. The number of nitrogens with zero attached hydrogens (tertiary/aromatic N) is 2. The zero-order chi connectivity index (χ0) is 16.7. The molecule has 0 unspecified atom stereocenters. The van der Waals surface area contributed by atoms with E-state index in [4.69, 9.17) is 14.2 Å². The molecule has 0 fully saturated rings. The molecule has 122 valence electrons. The lowest BCUT2D eigenvalue weighted by Gasteiger charge is -2.11. The maximum atomic E-state index is 11.9. The van der Waals surface area contributed by atoms with E-state index in [1.54, 1.807) is 23.0 Å². The Balaban J connectivity index is 1.79. The van der Waals surface area contributed by atoms with Crippen molar-refractivity contribution in [1.29, 1.82) is 0 Å². The van der Waals surface area contributed by atoms with Gasteiger partial charge in [0.1, 0.15) is 17.0 Å². The van der Waals surface area contributed by atoms with Gasteiger partial charge in [0, 0.05) is 24.4 Å². The third-order valence-corrected chi connectivity index (χ3v) is 4.11. The van der Waals surface area contributed by atoms with Gasteiger partial charge in [0.25, 0.3) is 0 Å². The number of aryl methyl sites for hydroxylation is 1. The average molecular weight is 324 g/mol. The van der Waals surface area contributed by atoms with Gasteiger partial charge in [0.2, 0.25) is 0 Å². The molecule has 1 aliphatic rings. The number of hydrogen-bond acceptors (Lipinski definition) is 5. The van der Waals surface area contributed by atoms with Crippen molar-refractivity contribution < 1.29 is 19.0 Å². The summed E-state index contributed by atoms with van der Waals surface area (Å²) in [5, 5.41) is 5.07. The predicted molar refractivity (Wildman–Crippen MR) is 87.8 cm³/mol. The normalized spacial score (nSPS) is 12.8. The highest BCUT2D eigenvalue weighted by atomic mass is 16.5. The summed E-state index contributed by atoms with van der Waals surface area (Å²) in [6, 6.07) is 9.16. The molecule has 0 aliphatic carbocycles. The van der Waals surface area contributed by atoms with Gasteiger partial charge < -0.3 is 14.2 Å². The molecule has 0 bridgehead atoms. The fourth-order valence-corrected chi connectivity index (χ4v) is 2.95. The van der Waals surface area contributed by atoms with E-state index in [0.29, 0.717) is 23.7 Å². The molecule has 4 rings (SSSR count). The molecule has 0 saturated carbocycles. The van der Waals surface area contributed by atoms with Crippen molar-refractivity contribution >= 4 is 16.9 Å². The monoisotopic (exact) mass is 324 g/mol. The van der Waals surface area contributed by atoms with E-state index in [2.05, 4.69) is 5.10 Å². The van der Waals surface area contributed by atoms with Gasteiger partial charge in [-0.2, -0.15) is 5.10 Å². The Hall–Kier alpha value is -3.02. The highest BCUT2D eigenvalue weighted by molar-refractivity contribution is 5.97. The Labute approximate surface area is 138 Å². The minimum absolute atomic E-state index is 0.409. The smallest absolute Gasteiger partial charge is 0.338 e. The van der Waals surface area contributed by atoms with Crippen molar-refractivity contribution in [3.63, 3.8) is 0 Å². The van der Waals surface area contributed by atoms with Crippen molar-refractivity contribution in [2.45, 2.75) is 6.42 Å². The minimum Gasteiger partial charge on any atom is -0.493 e. The Kier molecular flexibility index (Phi) is 3.37. The maximum absolute atomic E-state index is 11.9. The van der Waals surface area contributed by atoms with Gasteiger partial charge in [0.15, 0.2) is 5.75 Å². The Morgan fingerprint density at radius 1 is 1.29 bits per heavy atom. The molecule has 0 spiro atoms. The summed E-state index contributed by atoms with van der Waals surface area (Å²) in [5.41, 5.74) is 2.37. The first-order valence-electron chi connectivity index (χ1n) is 7.63. The second-order valence-corrected chi connectivity index (χ2v) is 5.64. The number of carbonyl (C=O) groups excluding carboxylic acids is 1. The maximum Gasteiger partial charge on any atom is 0.338 e. The number of rotatable bonds is 3. The fraction of sp³-hybridized carbons (Fsp3) is 0.222. The molecule has 24 heavy (non-hydrogen) atoms. The van der Waals surface area contributed by atoms with Crippen molar-refractivity contribution in [2.75, 3.05) is 13.7 Å². The van der Waals surface area contributed by atoms with E-state index in [0.717, 1.165) is 28.6 Å². The quantitative estimate of drug-likeness (QED) is 0.693. The van der Waals surface area contributed by atoms with Crippen LogP contribution in [0.1, 0.15) is 15.9 Å². The van der Waals surface area contributed by atoms with Crippen LogP contribution >= 0.6 is 0 Å². The number of carbonyl (C=O) groups is 1. The molecular formula is C18H16N2O4. The van der Waals surface area contributed by atoms with Crippen LogP contribution < -0.4 is 9.47 Å². The second kappa shape index (κ2) is 5.56. The minimum atomic E-state index is -0.409. The molecule has 2 heterocycles. The SMILES string of the molecule is COC(=O)c1cc(Oc2ccc3c(c2)CCO3)c2c(cnn2C)c1. The van der Waals surface area contributed by atoms with E-state index in [9.17, 15) is 4.79 Å². The molecule has 3 aromatic rings. The summed E-state index contributed by atoms with van der Waals surface area (Å²) in [6.07, 6.45) is 2.57. The van der Waals surface area contributed by atoms with Crippen LogP contribution in [0.5, 0.6) is 17.2 Å². The van der Waals surface area contributed by atoms with Crippen LogP contribution in [0.3, 0.4) is 0 Å². The molecule has 2 aromatic carbocycles. The zero-order valence-corrected chi connectivity index (χ0v) is 13.4. The van der Waals surface area contributed by atoms with Crippen molar-refractivity contribution in [3.8, 4) is 17.2 Å². The summed E-state index contributed by atoms with van der Waals surface area (Å²) in [5.74, 6) is 1.75. The molecule has 0 saturated heterocycles. The first-order chi connectivity index (χ1) is 11.7. The number of benzene rings is 2. The van der Waals surface area contributed by atoms with Gasteiger partial charge in [0.05, 0.1) is 25.5 Å². The van der Waals surface area contributed by atoms with E-state index < -0.39 is 5.97 Å². The van der Waals surface area contributed by atoms with Gasteiger partial charge >= 0.3 is 5.97 Å². The summed E-state index contributed by atoms with van der Waals surface area (Å²) < 4.78 is 18.1. The molecule has 0 amide bonds. The van der Waals surface area contributed by atoms with Gasteiger partial charge in [-0.15, -0.1) is 0 Å². The van der Waals surface area contributed by atoms with E-state index in [-0.39, 0.29) is 0 Å². The molecule has 0 N–H and O–H groups in total. The lowest BCUT2D eigenvalue weighted by atomic mass is 10.1. The lowest BCUT2D eigenvalue weighted by molar-refractivity contribution is 0.0600. The fourth-order valence-electron chi connectivity index (χ4n) is 2.95. The van der Waals surface area contributed by atoms with Gasteiger partial charge in [-0.25, -0.2) is 4.79 Å². The number of ether oxygens (including phenoxy) is 3.